The van der Waals surface area contributed by atoms with Crippen LogP contribution in [0.1, 0.15) is 47.1 Å². The first-order valence-corrected chi connectivity index (χ1v) is 8.44. The molecule has 0 bridgehead atoms. The van der Waals surface area contributed by atoms with Crippen LogP contribution in [0.2, 0.25) is 0 Å². The third-order valence-corrected chi connectivity index (χ3v) is 4.95. The second kappa shape index (κ2) is 6.96. The molecule has 1 atom stereocenters. The number of piperidine rings is 1. The maximum absolute atomic E-state index is 12.2. The second-order valence-electron chi connectivity index (χ2n) is 5.46. The number of carbonyl (C=O) groups is 1. The standard InChI is InChI=1S/C17H20N2OS/c20-16(14-6-2-1-3-7-14)9-12-19-11-5-4-8-15(19)17-18-10-13-21-17/h1-3,6-7,10,13,15H,4-5,8-9,11-12H2/t15-/m0/s1. The average Bonchev–Trinajstić information content (AvgIpc) is 3.08. The summed E-state index contributed by atoms with van der Waals surface area (Å²) < 4.78 is 0. The Hall–Kier alpha value is -1.52. The first-order chi connectivity index (χ1) is 10.3. The van der Waals surface area contributed by atoms with E-state index in [4.69, 9.17) is 0 Å². The van der Waals surface area contributed by atoms with Gasteiger partial charge in [-0.1, -0.05) is 36.8 Å². The number of carbonyl (C=O) groups excluding carboxylic acids is 1. The van der Waals surface area contributed by atoms with Crippen molar-refractivity contribution in [3.05, 3.63) is 52.5 Å². The molecule has 4 heteroatoms. The van der Waals surface area contributed by atoms with E-state index in [1.807, 2.05) is 41.9 Å². The summed E-state index contributed by atoms with van der Waals surface area (Å²) in [5, 5.41) is 3.24. The summed E-state index contributed by atoms with van der Waals surface area (Å²) in [6, 6.07) is 9.99. The lowest BCUT2D eigenvalue weighted by molar-refractivity contribution is 0.0925. The van der Waals surface area contributed by atoms with Gasteiger partial charge in [0.1, 0.15) is 5.01 Å². The Balaban J connectivity index is 1.62. The van der Waals surface area contributed by atoms with Crippen LogP contribution in [0.4, 0.5) is 0 Å². The predicted octanol–water partition coefficient (Wildman–Crippen LogP) is 3.94. The van der Waals surface area contributed by atoms with Crippen LogP contribution in [-0.4, -0.2) is 28.8 Å². The first kappa shape index (κ1) is 14.4. The van der Waals surface area contributed by atoms with Gasteiger partial charge in [-0.25, -0.2) is 4.98 Å². The molecule has 1 aliphatic rings. The molecule has 1 aliphatic heterocycles. The summed E-state index contributed by atoms with van der Waals surface area (Å²) >= 11 is 1.73. The lowest BCUT2D eigenvalue weighted by atomic mass is 10.0. The zero-order valence-electron chi connectivity index (χ0n) is 12.1. The molecule has 3 nitrogen and oxygen atoms in total. The maximum Gasteiger partial charge on any atom is 0.164 e. The van der Waals surface area contributed by atoms with Crippen molar-refractivity contribution >= 4 is 17.1 Å². The topological polar surface area (TPSA) is 33.2 Å². The summed E-state index contributed by atoms with van der Waals surface area (Å²) in [6.45, 7) is 1.91. The van der Waals surface area contributed by atoms with Gasteiger partial charge in [0, 0.05) is 30.1 Å². The molecule has 1 fully saturated rings. The van der Waals surface area contributed by atoms with E-state index < -0.39 is 0 Å². The second-order valence-corrected chi connectivity index (χ2v) is 6.38. The molecular formula is C17H20N2OS. The quantitative estimate of drug-likeness (QED) is 0.784. The highest BCUT2D eigenvalue weighted by Crippen LogP contribution is 2.32. The summed E-state index contributed by atoms with van der Waals surface area (Å²) in [5.41, 5.74) is 0.820. The number of nitrogens with zero attached hydrogens (tertiary/aromatic N) is 2. The van der Waals surface area contributed by atoms with Gasteiger partial charge in [-0.2, -0.15) is 0 Å². The number of Topliss-reactive ketones (excluding diaryl/α,β-unsaturated/α-hetero) is 1. The molecule has 0 saturated carbocycles. The summed E-state index contributed by atoms with van der Waals surface area (Å²) in [5.74, 6) is 0.235. The molecule has 0 aliphatic carbocycles. The molecule has 0 N–H and O–H groups in total. The number of rotatable bonds is 5. The van der Waals surface area contributed by atoms with Crippen molar-refractivity contribution in [1.82, 2.24) is 9.88 Å². The van der Waals surface area contributed by atoms with Gasteiger partial charge in [0.15, 0.2) is 5.78 Å². The lowest BCUT2D eigenvalue weighted by Gasteiger charge is -2.34. The molecule has 1 aromatic carbocycles. The third kappa shape index (κ3) is 3.57. The Morgan fingerprint density at radius 2 is 2.14 bits per heavy atom. The van der Waals surface area contributed by atoms with Crippen LogP contribution in [0, 0.1) is 0 Å². The van der Waals surface area contributed by atoms with E-state index in [2.05, 4.69) is 9.88 Å². The lowest BCUT2D eigenvalue weighted by Crippen LogP contribution is -2.35. The molecule has 2 aromatic rings. The van der Waals surface area contributed by atoms with Crippen LogP contribution in [0.25, 0.3) is 0 Å². The monoisotopic (exact) mass is 300 g/mol. The van der Waals surface area contributed by atoms with Gasteiger partial charge in [-0.15, -0.1) is 11.3 Å². The Kier molecular flexibility index (Phi) is 4.78. The van der Waals surface area contributed by atoms with Crippen molar-refractivity contribution in [3.63, 3.8) is 0 Å². The summed E-state index contributed by atoms with van der Waals surface area (Å²) in [6.07, 6.45) is 6.11. The zero-order valence-corrected chi connectivity index (χ0v) is 12.9. The van der Waals surface area contributed by atoms with Crippen molar-refractivity contribution in [2.45, 2.75) is 31.7 Å². The Morgan fingerprint density at radius 3 is 2.90 bits per heavy atom. The van der Waals surface area contributed by atoms with E-state index in [0.717, 1.165) is 25.1 Å². The molecule has 3 rings (SSSR count). The molecule has 1 aromatic heterocycles. The van der Waals surface area contributed by atoms with Crippen LogP contribution in [-0.2, 0) is 0 Å². The number of ketones is 1. The largest absolute Gasteiger partial charge is 0.294 e. The van der Waals surface area contributed by atoms with E-state index in [0.29, 0.717) is 12.5 Å². The number of benzene rings is 1. The van der Waals surface area contributed by atoms with Crippen molar-refractivity contribution in [2.24, 2.45) is 0 Å². The number of thiazole rings is 1. The van der Waals surface area contributed by atoms with Crippen molar-refractivity contribution in [3.8, 4) is 0 Å². The Morgan fingerprint density at radius 1 is 1.29 bits per heavy atom. The van der Waals surface area contributed by atoms with Gasteiger partial charge in [0.05, 0.1) is 6.04 Å². The fourth-order valence-electron chi connectivity index (χ4n) is 2.95. The molecule has 0 amide bonds. The van der Waals surface area contributed by atoms with Crippen molar-refractivity contribution in [1.29, 1.82) is 0 Å². The normalized spacial score (nSPS) is 19.5. The number of likely N-dealkylation sites (tertiary alicyclic amines) is 1. The van der Waals surface area contributed by atoms with Crippen LogP contribution in [0.5, 0.6) is 0 Å². The predicted molar refractivity (Wildman–Crippen MR) is 85.7 cm³/mol. The van der Waals surface area contributed by atoms with E-state index in [9.17, 15) is 4.79 Å². The third-order valence-electron chi connectivity index (χ3n) is 4.07. The molecule has 110 valence electrons. The van der Waals surface area contributed by atoms with E-state index in [-0.39, 0.29) is 5.78 Å². The van der Waals surface area contributed by atoms with Crippen LogP contribution in [0.15, 0.2) is 41.9 Å². The smallest absolute Gasteiger partial charge is 0.164 e. The molecule has 1 saturated heterocycles. The fourth-order valence-corrected chi connectivity index (χ4v) is 3.76. The van der Waals surface area contributed by atoms with E-state index in [1.165, 1.54) is 17.8 Å². The van der Waals surface area contributed by atoms with Crippen molar-refractivity contribution in [2.75, 3.05) is 13.1 Å². The number of hydrogen-bond acceptors (Lipinski definition) is 4. The summed E-state index contributed by atoms with van der Waals surface area (Å²) in [4.78, 5) is 19.1. The average molecular weight is 300 g/mol. The summed E-state index contributed by atoms with van der Waals surface area (Å²) in [7, 11) is 0. The Bertz CT molecular complexity index is 568. The molecular weight excluding hydrogens is 280 g/mol. The molecule has 0 spiro atoms. The zero-order chi connectivity index (χ0) is 14.5. The highest BCUT2D eigenvalue weighted by Gasteiger charge is 2.25. The molecule has 2 heterocycles. The van der Waals surface area contributed by atoms with E-state index >= 15 is 0 Å². The van der Waals surface area contributed by atoms with Crippen LogP contribution >= 0.6 is 11.3 Å². The highest BCUT2D eigenvalue weighted by molar-refractivity contribution is 7.09. The van der Waals surface area contributed by atoms with Gasteiger partial charge in [0.2, 0.25) is 0 Å². The Labute approximate surface area is 129 Å². The highest BCUT2D eigenvalue weighted by atomic mass is 32.1. The molecule has 21 heavy (non-hydrogen) atoms. The van der Waals surface area contributed by atoms with Gasteiger partial charge in [-0.05, 0) is 19.4 Å². The minimum atomic E-state index is 0.235. The first-order valence-electron chi connectivity index (χ1n) is 7.56. The molecule has 0 unspecified atom stereocenters. The van der Waals surface area contributed by atoms with Crippen LogP contribution in [0.3, 0.4) is 0 Å². The fraction of sp³-hybridized carbons (Fsp3) is 0.412. The maximum atomic E-state index is 12.2. The van der Waals surface area contributed by atoms with Gasteiger partial charge in [0.25, 0.3) is 0 Å². The minimum Gasteiger partial charge on any atom is -0.294 e. The number of aromatic nitrogens is 1. The van der Waals surface area contributed by atoms with Gasteiger partial charge < -0.3 is 0 Å². The van der Waals surface area contributed by atoms with Crippen molar-refractivity contribution < 1.29 is 4.79 Å². The van der Waals surface area contributed by atoms with Crippen LogP contribution < -0.4 is 0 Å². The van der Waals surface area contributed by atoms with E-state index in [1.54, 1.807) is 11.3 Å². The minimum absolute atomic E-state index is 0.235. The SMILES string of the molecule is O=C(CCN1CCCC[C@H]1c1nccs1)c1ccccc1. The van der Waals surface area contributed by atoms with Gasteiger partial charge in [-0.3, -0.25) is 9.69 Å². The molecule has 0 radical (unpaired) electrons. The van der Waals surface area contributed by atoms with Gasteiger partial charge >= 0.3 is 0 Å². The number of hydrogen-bond donors (Lipinski definition) is 0.